The van der Waals surface area contributed by atoms with Gasteiger partial charge >= 0.3 is 0 Å². The molecule has 5 heteroatoms. The summed E-state index contributed by atoms with van der Waals surface area (Å²) in [5.74, 6) is -0.0430. The third kappa shape index (κ3) is 16.2. The largest absolute Gasteiger partial charge is 0.375 e. The fourth-order valence-electron chi connectivity index (χ4n) is 2.24. The van der Waals surface area contributed by atoms with Crippen LogP contribution in [0.15, 0.2) is 0 Å². The molecular weight excluding hydrogens is 304 g/mol. The van der Waals surface area contributed by atoms with Crippen molar-refractivity contribution in [2.75, 3.05) is 39.5 Å². The number of unbranched alkanes of at least 4 members (excludes halogenated alkanes) is 2. The van der Waals surface area contributed by atoms with Gasteiger partial charge < -0.3 is 19.7 Å². The molecule has 24 heavy (non-hydrogen) atoms. The van der Waals surface area contributed by atoms with Gasteiger partial charge in [0.2, 0.25) is 5.91 Å². The molecule has 0 aliphatic carbocycles. The summed E-state index contributed by atoms with van der Waals surface area (Å²) in [6.45, 7) is 19.1. The Kier molecular flexibility index (Phi) is 11.5. The highest BCUT2D eigenvalue weighted by Gasteiger charge is 2.13. The van der Waals surface area contributed by atoms with Crippen LogP contribution in [-0.2, 0) is 14.3 Å². The highest BCUT2D eigenvalue weighted by atomic mass is 16.5. The van der Waals surface area contributed by atoms with Gasteiger partial charge in [-0.25, -0.2) is 0 Å². The standard InChI is InChI=1S/C19H40N2O3/c1-8-21(13-15-24-19(5,6)7)12-10-9-11-14-23-16-17(22)20-18(2,3)4/h8-16H2,1-7H3,(H,20,22). The van der Waals surface area contributed by atoms with Crippen LogP contribution in [-0.4, -0.2) is 61.4 Å². The summed E-state index contributed by atoms with van der Waals surface area (Å²) in [6, 6.07) is 0. The van der Waals surface area contributed by atoms with E-state index in [0.717, 1.165) is 45.5 Å². The molecule has 0 aromatic heterocycles. The van der Waals surface area contributed by atoms with Gasteiger partial charge in [0.25, 0.3) is 0 Å². The second-order valence-corrected chi connectivity index (χ2v) is 8.31. The first-order valence-corrected chi connectivity index (χ1v) is 9.28. The van der Waals surface area contributed by atoms with Crippen molar-refractivity contribution in [2.45, 2.75) is 78.9 Å². The number of carbonyl (C=O) groups excluding carboxylic acids is 1. The molecule has 0 radical (unpaired) electrons. The number of hydrogen-bond donors (Lipinski definition) is 1. The molecule has 0 aliphatic heterocycles. The maximum Gasteiger partial charge on any atom is 0.246 e. The number of amides is 1. The average Bonchev–Trinajstić information content (AvgIpc) is 2.41. The number of nitrogens with one attached hydrogen (secondary N) is 1. The van der Waals surface area contributed by atoms with E-state index in [1.165, 1.54) is 0 Å². The first kappa shape index (κ1) is 23.4. The smallest absolute Gasteiger partial charge is 0.246 e. The molecular formula is C19H40N2O3. The Morgan fingerprint density at radius 2 is 1.62 bits per heavy atom. The van der Waals surface area contributed by atoms with Crippen molar-refractivity contribution in [3.05, 3.63) is 0 Å². The summed E-state index contributed by atoms with van der Waals surface area (Å²) in [4.78, 5) is 14.0. The lowest BCUT2D eigenvalue weighted by Crippen LogP contribution is -2.42. The number of likely N-dealkylation sites (N-methyl/N-ethyl adjacent to an activating group) is 1. The van der Waals surface area contributed by atoms with Crippen LogP contribution in [0.4, 0.5) is 0 Å². The Morgan fingerprint density at radius 3 is 2.17 bits per heavy atom. The molecule has 144 valence electrons. The van der Waals surface area contributed by atoms with E-state index < -0.39 is 0 Å². The van der Waals surface area contributed by atoms with Crippen molar-refractivity contribution in [3.8, 4) is 0 Å². The van der Waals surface area contributed by atoms with Crippen molar-refractivity contribution < 1.29 is 14.3 Å². The van der Waals surface area contributed by atoms with E-state index in [1.54, 1.807) is 0 Å². The predicted molar refractivity (Wildman–Crippen MR) is 100 cm³/mol. The van der Waals surface area contributed by atoms with Crippen LogP contribution in [0.25, 0.3) is 0 Å². The number of carbonyl (C=O) groups is 1. The zero-order chi connectivity index (χ0) is 18.6. The Hall–Kier alpha value is -0.650. The van der Waals surface area contributed by atoms with E-state index in [-0.39, 0.29) is 23.7 Å². The van der Waals surface area contributed by atoms with Crippen molar-refractivity contribution in [1.29, 1.82) is 0 Å². The second kappa shape index (κ2) is 11.8. The minimum Gasteiger partial charge on any atom is -0.375 e. The molecule has 0 atom stereocenters. The van der Waals surface area contributed by atoms with Gasteiger partial charge in [0, 0.05) is 18.7 Å². The zero-order valence-corrected chi connectivity index (χ0v) is 17.0. The minimum atomic E-state index is -0.194. The molecule has 0 saturated heterocycles. The summed E-state index contributed by atoms with van der Waals surface area (Å²) in [5, 5.41) is 2.89. The van der Waals surface area contributed by atoms with Gasteiger partial charge in [-0.2, -0.15) is 0 Å². The zero-order valence-electron chi connectivity index (χ0n) is 17.0. The number of nitrogens with zero attached hydrogens (tertiary/aromatic N) is 1. The molecule has 0 unspecified atom stereocenters. The van der Waals surface area contributed by atoms with E-state index in [9.17, 15) is 4.79 Å². The van der Waals surface area contributed by atoms with Crippen LogP contribution in [0, 0.1) is 0 Å². The van der Waals surface area contributed by atoms with Crippen LogP contribution in [0.5, 0.6) is 0 Å². The van der Waals surface area contributed by atoms with Crippen LogP contribution in [0.2, 0.25) is 0 Å². The highest BCUT2D eigenvalue weighted by molar-refractivity contribution is 5.77. The second-order valence-electron chi connectivity index (χ2n) is 8.31. The minimum absolute atomic E-state index is 0.0430. The van der Waals surface area contributed by atoms with E-state index in [1.807, 2.05) is 20.8 Å². The predicted octanol–water partition coefficient (Wildman–Crippen LogP) is 3.23. The number of hydrogen-bond acceptors (Lipinski definition) is 4. The molecule has 0 aromatic rings. The molecule has 0 rings (SSSR count). The summed E-state index contributed by atoms with van der Waals surface area (Å²) >= 11 is 0. The Balaban J connectivity index is 3.58. The molecule has 1 amide bonds. The lowest BCUT2D eigenvalue weighted by molar-refractivity contribution is -0.127. The number of rotatable bonds is 12. The third-order valence-electron chi connectivity index (χ3n) is 3.40. The molecule has 0 heterocycles. The average molecular weight is 345 g/mol. The monoisotopic (exact) mass is 344 g/mol. The van der Waals surface area contributed by atoms with E-state index in [4.69, 9.17) is 9.47 Å². The summed E-state index contributed by atoms with van der Waals surface area (Å²) in [5.41, 5.74) is -0.253. The van der Waals surface area contributed by atoms with Crippen molar-refractivity contribution in [3.63, 3.8) is 0 Å². The maximum absolute atomic E-state index is 11.6. The first-order valence-electron chi connectivity index (χ1n) is 9.28. The summed E-state index contributed by atoms with van der Waals surface area (Å²) in [6.07, 6.45) is 3.28. The molecule has 0 bridgehead atoms. The first-order chi connectivity index (χ1) is 11.0. The van der Waals surface area contributed by atoms with Gasteiger partial charge in [-0.3, -0.25) is 4.79 Å². The van der Waals surface area contributed by atoms with Gasteiger partial charge in [0.1, 0.15) is 6.61 Å². The summed E-state index contributed by atoms with van der Waals surface area (Å²) in [7, 11) is 0. The van der Waals surface area contributed by atoms with E-state index in [0.29, 0.717) is 6.61 Å². The highest BCUT2D eigenvalue weighted by Crippen LogP contribution is 2.07. The SMILES string of the molecule is CCN(CCCCCOCC(=O)NC(C)(C)C)CCOC(C)(C)C. The normalized spacial score (nSPS) is 12.7. The van der Waals surface area contributed by atoms with Crippen molar-refractivity contribution >= 4 is 5.91 Å². The molecule has 0 fully saturated rings. The molecule has 0 aliphatic rings. The van der Waals surface area contributed by atoms with Crippen LogP contribution >= 0.6 is 0 Å². The fraction of sp³-hybridized carbons (Fsp3) is 0.947. The van der Waals surface area contributed by atoms with E-state index in [2.05, 4.69) is 37.9 Å². The van der Waals surface area contributed by atoms with Crippen molar-refractivity contribution in [2.24, 2.45) is 0 Å². The summed E-state index contributed by atoms with van der Waals surface area (Å²) < 4.78 is 11.2. The lowest BCUT2D eigenvalue weighted by Gasteiger charge is -2.24. The van der Waals surface area contributed by atoms with Crippen LogP contribution in [0.1, 0.15) is 67.7 Å². The van der Waals surface area contributed by atoms with Gasteiger partial charge in [0.15, 0.2) is 0 Å². The van der Waals surface area contributed by atoms with E-state index >= 15 is 0 Å². The van der Waals surface area contributed by atoms with Gasteiger partial charge in [0.05, 0.1) is 12.2 Å². The lowest BCUT2D eigenvalue weighted by atomic mass is 10.1. The topological polar surface area (TPSA) is 50.8 Å². The van der Waals surface area contributed by atoms with Gasteiger partial charge in [-0.1, -0.05) is 6.92 Å². The van der Waals surface area contributed by atoms with Crippen LogP contribution < -0.4 is 5.32 Å². The third-order valence-corrected chi connectivity index (χ3v) is 3.40. The maximum atomic E-state index is 11.6. The van der Waals surface area contributed by atoms with Crippen molar-refractivity contribution in [1.82, 2.24) is 10.2 Å². The van der Waals surface area contributed by atoms with Crippen LogP contribution in [0.3, 0.4) is 0 Å². The molecule has 1 N–H and O–H groups in total. The van der Waals surface area contributed by atoms with Gasteiger partial charge in [-0.15, -0.1) is 0 Å². The Morgan fingerprint density at radius 1 is 0.958 bits per heavy atom. The Labute approximate surface area is 149 Å². The molecule has 0 spiro atoms. The van der Waals surface area contributed by atoms with Gasteiger partial charge in [-0.05, 0) is 73.9 Å². The number of ether oxygens (including phenoxy) is 2. The fourth-order valence-corrected chi connectivity index (χ4v) is 2.24. The molecule has 0 aromatic carbocycles. The Bertz CT molecular complexity index is 332. The quantitative estimate of drug-likeness (QED) is 0.552. The molecule has 0 saturated carbocycles. The molecule has 5 nitrogen and oxygen atoms in total.